The minimum absolute atomic E-state index is 0.136. The molecule has 25 heavy (non-hydrogen) atoms. The van der Waals surface area contributed by atoms with Gasteiger partial charge in [-0.1, -0.05) is 0 Å². The standard InChI is InChI=1S/C16H19N7O2/c1-21(7-12-2-5-25-10-12)8-13-6-14-9-22(3-4-23(14)20-13)16(24)15-17-11-18-19-15/h2,5-6,10-11H,3-4,7-9H2,1H3,(H,17,18,19). The van der Waals surface area contributed by atoms with Crippen LogP contribution in [0.2, 0.25) is 0 Å². The van der Waals surface area contributed by atoms with Gasteiger partial charge in [0.1, 0.15) is 6.33 Å². The van der Waals surface area contributed by atoms with Crippen molar-refractivity contribution in [3.05, 3.63) is 53.8 Å². The number of furan rings is 1. The first-order chi connectivity index (χ1) is 12.2. The van der Waals surface area contributed by atoms with E-state index in [0.717, 1.165) is 30.0 Å². The van der Waals surface area contributed by atoms with E-state index in [4.69, 9.17) is 4.42 Å². The molecule has 9 nitrogen and oxygen atoms in total. The van der Waals surface area contributed by atoms with Crippen LogP contribution in [0.15, 0.2) is 35.4 Å². The number of rotatable bonds is 5. The maximum atomic E-state index is 12.4. The van der Waals surface area contributed by atoms with Gasteiger partial charge in [0, 0.05) is 25.2 Å². The average molecular weight is 341 g/mol. The van der Waals surface area contributed by atoms with Gasteiger partial charge in [0.05, 0.1) is 37.0 Å². The van der Waals surface area contributed by atoms with Gasteiger partial charge in [-0.3, -0.25) is 19.5 Å². The van der Waals surface area contributed by atoms with Crippen LogP contribution in [0.1, 0.15) is 27.6 Å². The summed E-state index contributed by atoms with van der Waals surface area (Å²) in [6.45, 7) is 3.35. The third-order valence-electron chi connectivity index (χ3n) is 4.22. The zero-order valence-corrected chi connectivity index (χ0v) is 13.9. The highest BCUT2D eigenvalue weighted by Crippen LogP contribution is 2.16. The van der Waals surface area contributed by atoms with E-state index in [1.807, 2.05) is 17.8 Å². The van der Waals surface area contributed by atoms with Crippen LogP contribution in [-0.4, -0.2) is 54.3 Å². The molecule has 1 aliphatic rings. The zero-order chi connectivity index (χ0) is 17.2. The Kier molecular flexibility index (Phi) is 4.06. The maximum Gasteiger partial charge on any atom is 0.291 e. The van der Waals surface area contributed by atoms with Crippen LogP contribution >= 0.6 is 0 Å². The molecule has 1 aliphatic heterocycles. The smallest absolute Gasteiger partial charge is 0.291 e. The Hall–Kier alpha value is -2.94. The molecule has 0 spiro atoms. The average Bonchev–Trinajstić information content (AvgIpc) is 3.34. The first-order valence-electron chi connectivity index (χ1n) is 8.09. The predicted molar refractivity (Wildman–Crippen MR) is 87.2 cm³/mol. The minimum Gasteiger partial charge on any atom is -0.472 e. The topological polar surface area (TPSA) is 96.1 Å². The Labute approximate surface area is 144 Å². The van der Waals surface area contributed by atoms with Gasteiger partial charge in [0.25, 0.3) is 5.91 Å². The first kappa shape index (κ1) is 15.6. The van der Waals surface area contributed by atoms with Crippen molar-refractivity contribution >= 4 is 5.91 Å². The van der Waals surface area contributed by atoms with Gasteiger partial charge >= 0.3 is 0 Å². The van der Waals surface area contributed by atoms with E-state index < -0.39 is 0 Å². The van der Waals surface area contributed by atoms with E-state index in [0.29, 0.717) is 19.6 Å². The number of fused-ring (bicyclic) bond motifs is 1. The summed E-state index contributed by atoms with van der Waals surface area (Å²) in [6, 6.07) is 4.02. The Bertz CT molecular complexity index is 838. The van der Waals surface area contributed by atoms with Crippen molar-refractivity contribution in [3.8, 4) is 0 Å². The van der Waals surface area contributed by atoms with Crippen LogP contribution < -0.4 is 0 Å². The number of amides is 1. The zero-order valence-electron chi connectivity index (χ0n) is 13.9. The van der Waals surface area contributed by atoms with Gasteiger partial charge in [0.15, 0.2) is 0 Å². The second-order valence-electron chi connectivity index (χ2n) is 6.21. The summed E-state index contributed by atoms with van der Waals surface area (Å²) in [5.74, 6) is 0.136. The van der Waals surface area contributed by atoms with Gasteiger partial charge < -0.3 is 9.32 Å². The molecule has 9 heteroatoms. The van der Waals surface area contributed by atoms with Gasteiger partial charge in [-0.05, 0) is 19.2 Å². The highest BCUT2D eigenvalue weighted by Gasteiger charge is 2.25. The molecule has 3 aromatic rings. The second kappa shape index (κ2) is 6.52. The number of nitrogens with zero attached hydrogens (tertiary/aromatic N) is 6. The first-order valence-corrected chi connectivity index (χ1v) is 8.09. The maximum absolute atomic E-state index is 12.4. The molecule has 0 radical (unpaired) electrons. The molecule has 0 aromatic carbocycles. The molecule has 1 N–H and O–H groups in total. The Morgan fingerprint density at radius 1 is 1.40 bits per heavy atom. The van der Waals surface area contributed by atoms with Crippen molar-refractivity contribution in [1.82, 2.24) is 34.8 Å². The number of carbonyl (C=O) groups is 1. The molecule has 4 heterocycles. The van der Waals surface area contributed by atoms with Crippen LogP contribution in [0, 0.1) is 0 Å². The number of aromatic amines is 1. The van der Waals surface area contributed by atoms with Gasteiger partial charge in [-0.25, -0.2) is 4.98 Å². The lowest BCUT2D eigenvalue weighted by atomic mass is 10.2. The summed E-state index contributed by atoms with van der Waals surface area (Å²) in [4.78, 5) is 20.2. The van der Waals surface area contributed by atoms with Crippen LogP contribution in [0.4, 0.5) is 0 Å². The van der Waals surface area contributed by atoms with Crippen LogP contribution in [0.3, 0.4) is 0 Å². The van der Waals surface area contributed by atoms with E-state index in [1.54, 1.807) is 17.4 Å². The van der Waals surface area contributed by atoms with Crippen molar-refractivity contribution in [2.45, 2.75) is 26.2 Å². The van der Waals surface area contributed by atoms with E-state index >= 15 is 0 Å². The number of hydrogen-bond donors (Lipinski definition) is 1. The molecule has 4 rings (SSSR count). The fourth-order valence-corrected chi connectivity index (χ4v) is 3.06. The predicted octanol–water partition coefficient (Wildman–Crippen LogP) is 0.882. The number of aromatic nitrogens is 5. The molecule has 0 aliphatic carbocycles. The third kappa shape index (κ3) is 3.31. The van der Waals surface area contributed by atoms with Gasteiger partial charge in [-0.15, -0.1) is 0 Å². The largest absolute Gasteiger partial charge is 0.472 e. The molecule has 0 bridgehead atoms. The molecule has 0 atom stereocenters. The Morgan fingerprint density at radius 2 is 2.32 bits per heavy atom. The lowest BCUT2D eigenvalue weighted by molar-refractivity contribution is 0.0694. The summed E-state index contributed by atoms with van der Waals surface area (Å²) in [7, 11) is 2.05. The minimum atomic E-state index is -0.136. The van der Waals surface area contributed by atoms with Crippen molar-refractivity contribution in [2.24, 2.45) is 0 Å². The monoisotopic (exact) mass is 341 g/mol. The molecular formula is C16H19N7O2. The van der Waals surface area contributed by atoms with Crippen LogP contribution in [0.5, 0.6) is 0 Å². The van der Waals surface area contributed by atoms with Crippen LogP contribution in [0.25, 0.3) is 0 Å². The normalized spacial score (nSPS) is 14.1. The fourth-order valence-electron chi connectivity index (χ4n) is 3.06. The van der Waals surface area contributed by atoms with E-state index in [1.165, 1.54) is 6.33 Å². The number of nitrogens with one attached hydrogen (secondary N) is 1. The quantitative estimate of drug-likeness (QED) is 0.740. The highest BCUT2D eigenvalue weighted by molar-refractivity contribution is 5.90. The van der Waals surface area contributed by atoms with Crippen molar-refractivity contribution in [3.63, 3.8) is 0 Å². The molecule has 3 aromatic heterocycles. The van der Waals surface area contributed by atoms with E-state index in [-0.39, 0.29) is 11.7 Å². The van der Waals surface area contributed by atoms with Gasteiger partial charge in [-0.2, -0.15) is 10.2 Å². The van der Waals surface area contributed by atoms with E-state index in [2.05, 4.69) is 31.2 Å². The van der Waals surface area contributed by atoms with Gasteiger partial charge in [0.2, 0.25) is 5.82 Å². The molecule has 0 saturated heterocycles. The lowest BCUT2D eigenvalue weighted by Crippen LogP contribution is -2.38. The lowest BCUT2D eigenvalue weighted by Gasteiger charge is -2.26. The summed E-state index contributed by atoms with van der Waals surface area (Å²) in [5.41, 5.74) is 3.16. The summed E-state index contributed by atoms with van der Waals surface area (Å²) in [5, 5.41) is 11.0. The Morgan fingerprint density at radius 3 is 3.08 bits per heavy atom. The fraction of sp³-hybridized carbons (Fsp3) is 0.375. The number of hydrogen-bond acceptors (Lipinski definition) is 6. The molecule has 130 valence electrons. The van der Waals surface area contributed by atoms with Crippen molar-refractivity contribution in [1.29, 1.82) is 0 Å². The Balaban J connectivity index is 1.41. The third-order valence-corrected chi connectivity index (χ3v) is 4.22. The number of H-pyrrole nitrogens is 1. The van der Waals surface area contributed by atoms with Crippen LogP contribution in [-0.2, 0) is 26.2 Å². The summed E-state index contributed by atoms with van der Waals surface area (Å²) < 4.78 is 7.08. The van der Waals surface area contributed by atoms with E-state index in [9.17, 15) is 4.79 Å². The van der Waals surface area contributed by atoms with Crippen molar-refractivity contribution < 1.29 is 9.21 Å². The molecular weight excluding hydrogens is 322 g/mol. The second-order valence-corrected chi connectivity index (χ2v) is 6.21. The molecule has 1 amide bonds. The highest BCUT2D eigenvalue weighted by atomic mass is 16.3. The molecule has 0 unspecified atom stereocenters. The number of carbonyl (C=O) groups excluding carboxylic acids is 1. The SMILES string of the molecule is CN(Cc1ccoc1)Cc1cc2n(n1)CCN(C(=O)c1ncn[nH]1)C2. The summed E-state index contributed by atoms with van der Waals surface area (Å²) >= 11 is 0. The molecule has 0 fully saturated rings. The van der Waals surface area contributed by atoms with Crippen molar-refractivity contribution in [2.75, 3.05) is 13.6 Å². The molecule has 0 saturated carbocycles. The summed E-state index contributed by atoms with van der Waals surface area (Å²) in [6.07, 6.45) is 4.77.